The van der Waals surface area contributed by atoms with Gasteiger partial charge in [0.1, 0.15) is 0 Å². The van der Waals surface area contributed by atoms with E-state index >= 15 is 0 Å². The SMILES string of the molecule is CCNC(=NCC(c1ccccc1)N(CC)CC)NCC1CN(C)CCN1C.I. The number of aliphatic imine (C=N–C) groups is 1. The number of nitrogens with zero attached hydrogens (tertiary/aromatic N) is 4. The molecule has 0 aromatic heterocycles. The fraction of sp³-hybridized carbons (Fsp3) is 0.682. The molecule has 29 heavy (non-hydrogen) atoms. The maximum Gasteiger partial charge on any atom is 0.191 e. The molecule has 0 aliphatic carbocycles. The maximum absolute atomic E-state index is 4.96. The average molecular weight is 517 g/mol. The zero-order valence-electron chi connectivity index (χ0n) is 18.9. The van der Waals surface area contributed by atoms with E-state index in [-0.39, 0.29) is 24.0 Å². The molecule has 1 aliphatic rings. The van der Waals surface area contributed by atoms with Crippen molar-refractivity contribution in [2.24, 2.45) is 4.99 Å². The van der Waals surface area contributed by atoms with Crippen molar-refractivity contribution in [2.45, 2.75) is 32.9 Å². The van der Waals surface area contributed by atoms with Crippen LogP contribution in [0.1, 0.15) is 32.4 Å². The lowest BCUT2D eigenvalue weighted by molar-refractivity contribution is 0.116. The van der Waals surface area contributed by atoms with Crippen molar-refractivity contribution < 1.29 is 0 Å². The van der Waals surface area contributed by atoms with E-state index in [4.69, 9.17) is 4.99 Å². The third-order valence-electron chi connectivity index (χ3n) is 5.69. The van der Waals surface area contributed by atoms with Gasteiger partial charge in [-0.2, -0.15) is 0 Å². The summed E-state index contributed by atoms with van der Waals surface area (Å²) in [6.07, 6.45) is 0. The van der Waals surface area contributed by atoms with E-state index in [0.29, 0.717) is 12.1 Å². The van der Waals surface area contributed by atoms with Crippen molar-refractivity contribution in [2.75, 3.05) is 66.5 Å². The number of hydrogen-bond donors (Lipinski definition) is 2. The Balaban J connectivity index is 0.00000420. The Morgan fingerprint density at radius 1 is 1.10 bits per heavy atom. The summed E-state index contributed by atoms with van der Waals surface area (Å²) < 4.78 is 0. The van der Waals surface area contributed by atoms with Crippen LogP contribution in [0.5, 0.6) is 0 Å². The minimum Gasteiger partial charge on any atom is -0.357 e. The summed E-state index contributed by atoms with van der Waals surface area (Å²) in [5, 5.41) is 6.99. The number of hydrogen-bond acceptors (Lipinski definition) is 4. The molecule has 166 valence electrons. The summed E-state index contributed by atoms with van der Waals surface area (Å²) >= 11 is 0. The Kier molecular flexibility index (Phi) is 12.8. The van der Waals surface area contributed by atoms with E-state index in [1.165, 1.54) is 5.56 Å². The highest BCUT2D eigenvalue weighted by atomic mass is 127. The second-order valence-corrected chi connectivity index (χ2v) is 7.64. The first-order chi connectivity index (χ1) is 13.6. The van der Waals surface area contributed by atoms with Gasteiger partial charge in [0.2, 0.25) is 0 Å². The van der Waals surface area contributed by atoms with Crippen LogP contribution in [-0.4, -0.2) is 93.2 Å². The molecule has 1 aromatic rings. The topological polar surface area (TPSA) is 46.1 Å². The van der Waals surface area contributed by atoms with Gasteiger partial charge in [-0.1, -0.05) is 44.2 Å². The van der Waals surface area contributed by atoms with Crippen LogP contribution in [0.2, 0.25) is 0 Å². The fourth-order valence-corrected chi connectivity index (χ4v) is 3.83. The molecule has 2 N–H and O–H groups in total. The predicted octanol–water partition coefficient (Wildman–Crippen LogP) is 2.49. The Morgan fingerprint density at radius 3 is 2.41 bits per heavy atom. The van der Waals surface area contributed by atoms with Crippen LogP contribution in [-0.2, 0) is 0 Å². The molecular weight excluding hydrogens is 475 g/mol. The Labute approximate surface area is 195 Å². The normalized spacial score (nSPS) is 19.7. The first-order valence-electron chi connectivity index (χ1n) is 10.8. The quantitative estimate of drug-likeness (QED) is 0.300. The summed E-state index contributed by atoms with van der Waals surface area (Å²) in [6.45, 7) is 14.5. The highest BCUT2D eigenvalue weighted by Gasteiger charge is 2.22. The van der Waals surface area contributed by atoms with Crippen molar-refractivity contribution in [1.82, 2.24) is 25.3 Å². The number of guanidine groups is 1. The molecule has 0 bridgehead atoms. The molecule has 1 heterocycles. The number of nitrogens with one attached hydrogen (secondary N) is 2. The van der Waals surface area contributed by atoms with Gasteiger partial charge in [-0.3, -0.25) is 14.8 Å². The Morgan fingerprint density at radius 2 is 1.79 bits per heavy atom. The molecule has 1 fully saturated rings. The lowest BCUT2D eigenvalue weighted by Crippen LogP contribution is -2.55. The molecule has 1 saturated heterocycles. The number of likely N-dealkylation sites (N-methyl/N-ethyl adjacent to an activating group) is 3. The van der Waals surface area contributed by atoms with E-state index in [9.17, 15) is 0 Å². The first kappa shape index (κ1) is 26.1. The number of halogens is 1. The van der Waals surface area contributed by atoms with E-state index in [2.05, 4.69) is 90.5 Å². The predicted molar refractivity (Wildman–Crippen MR) is 135 cm³/mol. The Bertz CT molecular complexity index is 578. The van der Waals surface area contributed by atoms with Crippen molar-refractivity contribution >= 4 is 29.9 Å². The molecule has 0 saturated carbocycles. The van der Waals surface area contributed by atoms with Gasteiger partial charge in [0.25, 0.3) is 0 Å². The van der Waals surface area contributed by atoms with Crippen molar-refractivity contribution in [3.63, 3.8) is 0 Å². The molecule has 0 amide bonds. The van der Waals surface area contributed by atoms with Crippen molar-refractivity contribution in [1.29, 1.82) is 0 Å². The summed E-state index contributed by atoms with van der Waals surface area (Å²) in [6, 6.07) is 11.6. The highest BCUT2D eigenvalue weighted by molar-refractivity contribution is 14.0. The number of piperazine rings is 1. The molecule has 0 radical (unpaired) electrons. The van der Waals surface area contributed by atoms with Crippen molar-refractivity contribution in [3.05, 3.63) is 35.9 Å². The number of rotatable bonds is 9. The van der Waals surface area contributed by atoms with E-state index < -0.39 is 0 Å². The molecule has 1 aromatic carbocycles. The van der Waals surface area contributed by atoms with Gasteiger partial charge in [-0.05, 0) is 39.7 Å². The van der Waals surface area contributed by atoms with Gasteiger partial charge in [0.05, 0.1) is 12.6 Å². The third-order valence-corrected chi connectivity index (χ3v) is 5.69. The van der Waals surface area contributed by atoms with Crippen LogP contribution in [0, 0.1) is 0 Å². The number of benzene rings is 1. The lowest BCUT2D eigenvalue weighted by atomic mass is 10.1. The fourth-order valence-electron chi connectivity index (χ4n) is 3.83. The minimum absolute atomic E-state index is 0. The zero-order chi connectivity index (χ0) is 20.4. The molecular formula is C22H41IN6. The van der Waals surface area contributed by atoms with Crippen LogP contribution >= 0.6 is 24.0 Å². The van der Waals surface area contributed by atoms with Crippen LogP contribution < -0.4 is 10.6 Å². The zero-order valence-corrected chi connectivity index (χ0v) is 21.2. The summed E-state index contributed by atoms with van der Waals surface area (Å²) in [5.74, 6) is 0.914. The van der Waals surface area contributed by atoms with Gasteiger partial charge in [-0.25, -0.2) is 0 Å². The third kappa shape index (κ3) is 8.39. The first-order valence-corrected chi connectivity index (χ1v) is 10.8. The Hall–Kier alpha value is -0.900. The van der Waals surface area contributed by atoms with Crippen LogP contribution in [0.15, 0.2) is 35.3 Å². The maximum atomic E-state index is 4.96. The van der Waals surface area contributed by atoms with Crippen LogP contribution in [0.25, 0.3) is 0 Å². The summed E-state index contributed by atoms with van der Waals surface area (Å²) in [5.41, 5.74) is 1.33. The molecule has 0 spiro atoms. The van der Waals surface area contributed by atoms with Crippen LogP contribution in [0.3, 0.4) is 0 Å². The molecule has 2 unspecified atom stereocenters. The minimum atomic E-state index is 0. The van der Waals surface area contributed by atoms with Crippen molar-refractivity contribution in [3.8, 4) is 0 Å². The van der Waals surface area contributed by atoms with Gasteiger partial charge < -0.3 is 15.5 Å². The second kappa shape index (κ2) is 14.2. The standard InChI is InChI=1S/C22H40N6.HI/c1-6-23-22(24-16-20-18-26(4)14-15-27(20)5)25-17-21(28(7-2)8-3)19-12-10-9-11-13-19;/h9-13,20-21H,6-8,14-18H2,1-5H3,(H2,23,24,25);1H. The van der Waals surface area contributed by atoms with E-state index in [1.807, 2.05) is 0 Å². The highest BCUT2D eigenvalue weighted by Crippen LogP contribution is 2.20. The molecule has 1 aliphatic heterocycles. The lowest BCUT2D eigenvalue weighted by Gasteiger charge is -2.38. The van der Waals surface area contributed by atoms with E-state index in [1.54, 1.807) is 0 Å². The monoisotopic (exact) mass is 516 g/mol. The molecule has 6 nitrogen and oxygen atoms in total. The molecule has 2 atom stereocenters. The van der Waals surface area contributed by atoms with Gasteiger partial charge >= 0.3 is 0 Å². The molecule has 2 rings (SSSR count). The van der Waals surface area contributed by atoms with Gasteiger partial charge in [0.15, 0.2) is 5.96 Å². The molecule has 7 heteroatoms. The summed E-state index contributed by atoms with van der Waals surface area (Å²) in [4.78, 5) is 12.3. The van der Waals surface area contributed by atoms with E-state index in [0.717, 1.165) is 58.3 Å². The second-order valence-electron chi connectivity index (χ2n) is 7.64. The van der Waals surface area contributed by atoms with Crippen LogP contribution in [0.4, 0.5) is 0 Å². The summed E-state index contributed by atoms with van der Waals surface area (Å²) in [7, 11) is 4.42. The smallest absolute Gasteiger partial charge is 0.191 e. The van der Waals surface area contributed by atoms with Gasteiger partial charge in [0, 0.05) is 38.8 Å². The van der Waals surface area contributed by atoms with Gasteiger partial charge in [-0.15, -0.1) is 24.0 Å². The average Bonchev–Trinajstić information content (AvgIpc) is 2.72. The largest absolute Gasteiger partial charge is 0.357 e.